The monoisotopic (exact) mass is 297 g/mol. The van der Waals surface area contributed by atoms with Crippen LogP contribution in [0.5, 0.6) is 0 Å². The minimum Gasteiger partial charge on any atom is -0.480 e. The fourth-order valence-corrected chi connectivity index (χ4v) is 3.49. The quantitative estimate of drug-likeness (QED) is 0.861. The number of carboxylic acids is 1. The van der Waals surface area contributed by atoms with Gasteiger partial charge in [-0.15, -0.1) is 0 Å². The van der Waals surface area contributed by atoms with Gasteiger partial charge in [0.15, 0.2) is 0 Å². The Labute approximate surface area is 128 Å². The van der Waals surface area contributed by atoms with E-state index in [0.29, 0.717) is 17.8 Å². The molecule has 21 heavy (non-hydrogen) atoms. The molecule has 1 N–H and O–H groups in total. The van der Waals surface area contributed by atoms with Gasteiger partial charge in [-0.1, -0.05) is 13.8 Å². The standard InChI is InChI=1S/C17H31NO3/c1-12(19)18(16(2,3)4)14(15(20)21)11-13-7-9-17(5,6)10-8-13/h13-14H,7-11H2,1-6H3,(H,20,21). The topological polar surface area (TPSA) is 57.6 Å². The van der Waals surface area contributed by atoms with Crippen LogP contribution in [-0.2, 0) is 9.59 Å². The van der Waals surface area contributed by atoms with Crippen LogP contribution in [0.1, 0.15) is 73.6 Å². The Morgan fingerprint density at radius 1 is 1.24 bits per heavy atom. The summed E-state index contributed by atoms with van der Waals surface area (Å²) in [5, 5.41) is 9.60. The summed E-state index contributed by atoms with van der Waals surface area (Å²) in [4.78, 5) is 25.2. The molecule has 1 amide bonds. The predicted molar refractivity (Wildman–Crippen MR) is 84.1 cm³/mol. The fraction of sp³-hybridized carbons (Fsp3) is 0.882. The largest absolute Gasteiger partial charge is 0.480 e. The Morgan fingerprint density at radius 2 is 1.71 bits per heavy atom. The van der Waals surface area contributed by atoms with E-state index in [0.717, 1.165) is 25.7 Å². The summed E-state index contributed by atoms with van der Waals surface area (Å²) in [5.74, 6) is -0.640. The molecule has 1 rings (SSSR count). The van der Waals surface area contributed by atoms with E-state index in [1.165, 1.54) is 11.8 Å². The second kappa shape index (κ2) is 6.37. The van der Waals surface area contributed by atoms with E-state index in [1.54, 1.807) is 0 Å². The van der Waals surface area contributed by atoms with Gasteiger partial charge in [0.2, 0.25) is 5.91 Å². The Balaban J connectivity index is 2.83. The highest BCUT2D eigenvalue weighted by Gasteiger charge is 2.38. The molecule has 0 spiro atoms. The number of carbonyl (C=O) groups excluding carboxylic acids is 1. The predicted octanol–water partition coefficient (Wildman–Crippen LogP) is 3.69. The van der Waals surface area contributed by atoms with Crippen LogP contribution in [0.25, 0.3) is 0 Å². The minimum atomic E-state index is -0.884. The van der Waals surface area contributed by atoms with E-state index in [1.807, 2.05) is 20.8 Å². The normalized spacial score (nSPS) is 20.9. The first-order valence-electron chi connectivity index (χ1n) is 7.97. The fourth-order valence-electron chi connectivity index (χ4n) is 3.49. The van der Waals surface area contributed by atoms with Crippen molar-refractivity contribution in [2.45, 2.75) is 85.2 Å². The van der Waals surface area contributed by atoms with Crippen LogP contribution in [0.15, 0.2) is 0 Å². The van der Waals surface area contributed by atoms with E-state index in [9.17, 15) is 14.7 Å². The molecular formula is C17H31NO3. The number of rotatable bonds is 4. The maximum Gasteiger partial charge on any atom is 0.326 e. The number of amides is 1. The van der Waals surface area contributed by atoms with Gasteiger partial charge in [0, 0.05) is 12.5 Å². The van der Waals surface area contributed by atoms with Gasteiger partial charge in [-0.05, 0) is 64.2 Å². The van der Waals surface area contributed by atoms with Gasteiger partial charge in [-0.2, -0.15) is 0 Å². The molecule has 0 aromatic heterocycles. The van der Waals surface area contributed by atoms with Gasteiger partial charge >= 0.3 is 5.97 Å². The summed E-state index contributed by atoms with van der Waals surface area (Å²) in [5.41, 5.74) is -0.0949. The van der Waals surface area contributed by atoms with Gasteiger partial charge in [-0.25, -0.2) is 4.79 Å². The maximum absolute atomic E-state index is 11.9. The molecule has 0 saturated heterocycles. The molecular weight excluding hydrogens is 266 g/mol. The molecule has 0 radical (unpaired) electrons. The summed E-state index contributed by atoms with van der Waals surface area (Å²) >= 11 is 0. The smallest absolute Gasteiger partial charge is 0.326 e. The van der Waals surface area contributed by atoms with Crippen molar-refractivity contribution < 1.29 is 14.7 Å². The van der Waals surface area contributed by atoms with Crippen molar-refractivity contribution in [3.05, 3.63) is 0 Å². The molecule has 122 valence electrons. The molecule has 1 saturated carbocycles. The lowest BCUT2D eigenvalue weighted by molar-refractivity contribution is -0.155. The summed E-state index contributed by atoms with van der Waals surface area (Å²) < 4.78 is 0. The summed E-state index contributed by atoms with van der Waals surface area (Å²) in [6.45, 7) is 11.7. The van der Waals surface area contributed by atoms with E-state index in [4.69, 9.17) is 0 Å². The average Bonchev–Trinajstić information content (AvgIpc) is 2.28. The Kier molecular flexibility index (Phi) is 5.46. The van der Waals surface area contributed by atoms with Crippen molar-refractivity contribution in [1.29, 1.82) is 0 Å². The van der Waals surface area contributed by atoms with Crippen molar-refractivity contribution in [3.63, 3.8) is 0 Å². The van der Waals surface area contributed by atoms with Crippen LogP contribution in [0.3, 0.4) is 0 Å². The second-order valence-electron chi connectivity index (χ2n) is 8.26. The highest BCUT2D eigenvalue weighted by molar-refractivity contribution is 5.82. The molecule has 1 aliphatic rings. The number of nitrogens with zero attached hydrogens (tertiary/aromatic N) is 1. The van der Waals surface area contributed by atoms with Crippen molar-refractivity contribution in [2.75, 3.05) is 0 Å². The Morgan fingerprint density at radius 3 is 2.05 bits per heavy atom. The molecule has 1 fully saturated rings. The number of aliphatic carboxylic acids is 1. The van der Waals surface area contributed by atoms with Gasteiger partial charge < -0.3 is 10.0 Å². The first-order chi connectivity index (χ1) is 9.44. The first kappa shape index (κ1) is 18.0. The number of hydrogen-bond donors (Lipinski definition) is 1. The zero-order valence-electron chi connectivity index (χ0n) is 14.4. The molecule has 1 unspecified atom stereocenters. The van der Waals surface area contributed by atoms with Gasteiger partial charge in [0.25, 0.3) is 0 Å². The van der Waals surface area contributed by atoms with Crippen molar-refractivity contribution >= 4 is 11.9 Å². The highest BCUT2D eigenvalue weighted by atomic mass is 16.4. The van der Waals surface area contributed by atoms with Crippen molar-refractivity contribution in [2.24, 2.45) is 11.3 Å². The lowest BCUT2D eigenvalue weighted by atomic mass is 9.71. The third kappa shape index (κ3) is 5.01. The molecule has 1 aliphatic carbocycles. The van der Waals surface area contributed by atoms with Gasteiger partial charge in [0.05, 0.1) is 0 Å². The van der Waals surface area contributed by atoms with Crippen LogP contribution in [0, 0.1) is 11.3 Å². The Hall–Kier alpha value is -1.06. The van der Waals surface area contributed by atoms with Gasteiger partial charge in [0.1, 0.15) is 6.04 Å². The number of carboxylic acid groups (broad SMARTS) is 1. The SMILES string of the molecule is CC(=O)N(C(CC1CCC(C)(C)CC1)C(=O)O)C(C)(C)C. The van der Waals surface area contributed by atoms with E-state index in [-0.39, 0.29) is 5.91 Å². The molecule has 4 heteroatoms. The van der Waals surface area contributed by atoms with Crippen LogP contribution in [0.2, 0.25) is 0 Å². The molecule has 0 aliphatic heterocycles. The van der Waals surface area contributed by atoms with E-state index in [2.05, 4.69) is 13.8 Å². The van der Waals surface area contributed by atoms with Crippen molar-refractivity contribution in [1.82, 2.24) is 4.90 Å². The molecule has 1 atom stereocenters. The second-order valence-corrected chi connectivity index (χ2v) is 8.26. The summed E-state index contributed by atoms with van der Waals surface area (Å²) in [7, 11) is 0. The molecule has 0 aromatic rings. The van der Waals surface area contributed by atoms with E-state index < -0.39 is 17.6 Å². The molecule has 0 aromatic carbocycles. The molecule has 0 bridgehead atoms. The zero-order valence-corrected chi connectivity index (χ0v) is 14.4. The molecule has 0 heterocycles. The lowest BCUT2D eigenvalue weighted by Crippen LogP contribution is -2.54. The number of hydrogen-bond acceptors (Lipinski definition) is 2. The van der Waals surface area contributed by atoms with Crippen LogP contribution in [-0.4, -0.2) is 33.5 Å². The Bertz CT molecular complexity index is 385. The molecule has 4 nitrogen and oxygen atoms in total. The first-order valence-corrected chi connectivity index (χ1v) is 7.97. The van der Waals surface area contributed by atoms with Crippen LogP contribution < -0.4 is 0 Å². The van der Waals surface area contributed by atoms with Gasteiger partial charge in [-0.3, -0.25) is 4.79 Å². The lowest BCUT2D eigenvalue weighted by Gasteiger charge is -2.42. The van der Waals surface area contributed by atoms with Crippen molar-refractivity contribution in [3.8, 4) is 0 Å². The third-order valence-corrected chi connectivity index (χ3v) is 4.67. The van der Waals surface area contributed by atoms with Crippen LogP contribution in [0.4, 0.5) is 0 Å². The zero-order chi connectivity index (χ0) is 16.4. The third-order valence-electron chi connectivity index (χ3n) is 4.67. The summed E-state index contributed by atoms with van der Waals surface area (Å²) in [6.07, 6.45) is 4.97. The maximum atomic E-state index is 11.9. The minimum absolute atomic E-state index is 0.161. The number of carbonyl (C=O) groups is 2. The summed E-state index contributed by atoms with van der Waals surface area (Å²) in [6, 6.07) is -0.714. The highest BCUT2D eigenvalue weighted by Crippen LogP contribution is 2.40. The average molecular weight is 297 g/mol. The van der Waals surface area contributed by atoms with E-state index >= 15 is 0 Å². The van der Waals surface area contributed by atoms with Crippen LogP contribution >= 0.6 is 0 Å².